The molecule has 0 aliphatic carbocycles. The number of nitrogens with one attached hydrogen (secondary N) is 2. The third-order valence-electron chi connectivity index (χ3n) is 9.68. The van der Waals surface area contributed by atoms with E-state index in [-0.39, 0.29) is 54.4 Å². The van der Waals surface area contributed by atoms with Crippen LogP contribution in [0.2, 0.25) is 0 Å². The first-order chi connectivity index (χ1) is 24.6. The number of benzene rings is 2. The Morgan fingerprint density at radius 2 is 1.75 bits per heavy atom. The Kier molecular flexibility index (Phi) is 11.8. The Bertz CT molecular complexity index is 2050. The number of esters is 2. The van der Waals surface area contributed by atoms with Crippen LogP contribution in [0.5, 0.6) is 0 Å². The molecule has 2 aliphatic heterocycles. The second-order valence-corrected chi connectivity index (χ2v) is 13.5. The summed E-state index contributed by atoms with van der Waals surface area (Å²) >= 11 is 0. The Labute approximate surface area is 307 Å². The van der Waals surface area contributed by atoms with Crippen LogP contribution in [0.25, 0.3) is 22.3 Å². The zero-order valence-electron chi connectivity index (χ0n) is 29.5. The van der Waals surface area contributed by atoms with Gasteiger partial charge in [-0.05, 0) is 61.9 Å². The Hall–Kier alpha value is -5.07. The van der Waals surface area contributed by atoms with Crippen molar-refractivity contribution in [3.8, 4) is 11.4 Å². The average Bonchev–Trinajstić information content (AvgIpc) is 3.48. The van der Waals surface area contributed by atoms with Crippen LogP contribution in [-0.4, -0.2) is 51.9 Å². The first-order valence-corrected chi connectivity index (χ1v) is 17.5. The minimum atomic E-state index is -1.94. The minimum Gasteiger partial charge on any atom is -0.457 e. The number of nitrogens with two attached hydrogens (primary N) is 1. The largest absolute Gasteiger partial charge is 0.457 e. The topological polar surface area (TPSA) is 172 Å². The quantitative estimate of drug-likeness (QED) is 0.119. The van der Waals surface area contributed by atoms with E-state index in [0.717, 1.165) is 22.0 Å². The molecular weight excluding hydrogens is 686 g/mol. The number of unbranched alkanes of at least 4 members (excludes halogenated alkanes) is 1. The zero-order valence-corrected chi connectivity index (χ0v) is 30.3. The number of carbonyl (C=O) groups excluding carboxylic acids is 4. The molecule has 52 heavy (non-hydrogen) atoms. The van der Waals surface area contributed by atoms with Gasteiger partial charge < -0.3 is 30.4 Å². The predicted molar refractivity (Wildman–Crippen MR) is 197 cm³/mol. The van der Waals surface area contributed by atoms with Gasteiger partial charge in [-0.1, -0.05) is 69.3 Å². The zero-order chi connectivity index (χ0) is 36.3. The molecule has 4 N–H and O–H groups in total. The van der Waals surface area contributed by atoms with Gasteiger partial charge in [-0.15, -0.1) is 12.4 Å². The summed E-state index contributed by atoms with van der Waals surface area (Å²) < 4.78 is 13.2. The van der Waals surface area contributed by atoms with Crippen molar-refractivity contribution < 1.29 is 28.7 Å². The lowest BCUT2D eigenvalue weighted by atomic mass is 9.85. The van der Waals surface area contributed by atoms with Crippen LogP contribution in [0.4, 0.5) is 0 Å². The third kappa shape index (κ3) is 7.44. The van der Waals surface area contributed by atoms with E-state index in [2.05, 4.69) is 10.6 Å². The van der Waals surface area contributed by atoms with Crippen LogP contribution in [0, 0.1) is 5.92 Å². The monoisotopic (exact) mass is 729 g/mol. The molecule has 2 aliphatic rings. The summed E-state index contributed by atoms with van der Waals surface area (Å²) in [6.45, 7) is 5.61. The maximum absolute atomic E-state index is 14.1. The lowest BCUT2D eigenvalue weighted by molar-refractivity contribution is -0.191. The molecule has 0 saturated heterocycles. The molecule has 0 bridgehead atoms. The van der Waals surface area contributed by atoms with Gasteiger partial charge >= 0.3 is 11.9 Å². The van der Waals surface area contributed by atoms with Crippen LogP contribution in [0.15, 0.2) is 71.5 Å². The smallest absolute Gasteiger partial charge is 0.355 e. The highest BCUT2D eigenvalue weighted by Crippen LogP contribution is 2.41. The summed E-state index contributed by atoms with van der Waals surface area (Å²) in [5.74, 6) is -3.04. The molecule has 0 fully saturated rings. The number of hydrogen-bond acceptors (Lipinski definition) is 9. The number of cyclic esters (lactones) is 1. The molecule has 2 amide bonds. The normalized spacial score (nSPS) is 16.8. The van der Waals surface area contributed by atoms with Gasteiger partial charge in [-0.3, -0.25) is 14.4 Å². The average molecular weight is 730 g/mol. The maximum atomic E-state index is 14.1. The van der Waals surface area contributed by atoms with E-state index in [1.165, 1.54) is 0 Å². The van der Waals surface area contributed by atoms with Crippen molar-refractivity contribution in [2.75, 3.05) is 6.54 Å². The fourth-order valence-corrected chi connectivity index (χ4v) is 6.86. The van der Waals surface area contributed by atoms with Crippen molar-refractivity contribution in [1.82, 2.24) is 20.2 Å². The molecule has 0 saturated carbocycles. The third-order valence-corrected chi connectivity index (χ3v) is 9.68. The maximum Gasteiger partial charge on any atom is 0.355 e. The lowest BCUT2D eigenvalue weighted by Crippen LogP contribution is -2.56. The van der Waals surface area contributed by atoms with Crippen LogP contribution in [0.3, 0.4) is 0 Å². The first-order valence-electron chi connectivity index (χ1n) is 17.5. The van der Waals surface area contributed by atoms with Crippen molar-refractivity contribution in [3.05, 3.63) is 99.3 Å². The first kappa shape index (κ1) is 38.2. The summed E-state index contributed by atoms with van der Waals surface area (Å²) in [6, 6.07) is 18.4. The van der Waals surface area contributed by atoms with Crippen LogP contribution < -0.4 is 21.9 Å². The number of amides is 2. The number of carbonyl (C=O) groups is 4. The van der Waals surface area contributed by atoms with E-state index in [0.29, 0.717) is 43.7 Å². The molecule has 6 rings (SSSR count). The Balaban J connectivity index is 0.00000523. The van der Waals surface area contributed by atoms with E-state index < -0.39 is 41.4 Å². The van der Waals surface area contributed by atoms with E-state index >= 15 is 0 Å². The van der Waals surface area contributed by atoms with Gasteiger partial charge in [0.25, 0.3) is 5.56 Å². The fraction of sp³-hybridized carbons (Fsp3) is 0.385. The van der Waals surface area contributed by atoms with E-state index in [4.69, 9.17) is 20.2 Å². The van der Waals surface area contributed by atoms with Crippen molar-refractivity contribution in [1.29, 1.82) is 0 Å². The molecular formula is C39H44ClN5O7. The van der Waals surface area contributed by atoms with Gasteiger partial charge in [0.05, 0.1) is 35.4 Å². The second kappa shape index (κ2) is 16.1. The Morgan fingerprint density at radius 1 is 1.02 bits per heavy atom. The molecule has 12 nitrogen and oxygen atoms in total. The SMILES string of the molecule is CC[C@@]1(OC(=O)C(NC(=O)C(CCCCN)NC(=O)Cc2ccccc2)C(C)C)C(=O)OCc2c1cc1n(c2=O)Cc2cc3ccccc3nc2-1.Cl. The molecule has 2 aromatic heterocycles. The van der Waals surface area contributed by atoms with Gasteiger partial charge in [0.1, 0.15) is 18.7 Å². The number of ether oxygens (including phenoxy) is 2. The molecule has 4 heterocycles. The van der Waals surface area contributed by atoms with Crippen LogP contribution >= 0.6 is 12.4 Å². The number of nitrogens with zero attached hydrogens (tertiary/aromatic N) is 2. The van der Waals surface area contributed by atoms with Crippen LogP contribution in [0.1, 0.15) is 68.7 Å². The lowest BCUT2D eigenvalue weighted by Gasteiger charge is -2.37. The number of hydrogen-bond donors (Lipinski definition) is 3. The van der Waals surface area contributed by atoms with Crippen molar-refractivity contribution >= 4 is 47.1 Å². The number of halogens is 1. The van der Waals surface area contributed by atoms with Crippen molar-refractivity contribution in [2.24, 2.45) is 11.7 Å². The summed E-state index contributed by atoms with van der Waals surface area (Å²) in [5.41, 5.74) is 7.40. The van der Waals surface area contributed by atoms with Crippen molar-refractivity contribution in [2.45, 2.75) is 83.7 Å². The van der Waals surface area contributed by atoms with E-state index in [1.807, 2.05) is 60.7 Å². The van der Waals surface area contributed by atoms with Gasteiger partial charge in [-0.25, -0.2) is 14.6 Å². The van der Waals surface area contributed by atoms with Gasteiger partial charge in [0, 0.05) is 16.5 Å². The Morgan fingerprint density at radius 3 is 2.46 bits per heavy atom. The summed E-state index contributed by atoms with van der Waals surface area (Å²) in [7, 11) is 0. The van der Waals surface area contributed by atoms with Gasteiger partial charge in [0.2, 0.25) is 17.4 Å². The number of pyridine rings is 2. The number of para-hydroxylation sites is 1. The van der Waals surface area contributed by atoms with Gasteiger partial charge in [0.15, 0.2) is 0 Å². The van der Waals surface area contributed by atoms with Crippen molar-refractivity contribution in [3.63, 3.8) is 0 Å². The summed E-state index contributed by atoms with van der Waals surface area (Å²) in [5, 5.41) is 6.53. The number of fused-ring (bicyclic) bond motifs is 5. The molecule has 274 valence electrons. The highest BCUT2D eigenvalue weighted by atomic mass is 35.5. The summed E-state index contributed by atoms with van der Waals surface area (Å²) in [6.07, 6.45) is 1.58. The van der Waals surface area contributed by atoms with Gasteiger partial charge in [-0.2, -0.15) is 0 Å². The molecule has 0 spiro atoms. The molecule has 3 atom stereocenters. The van der Waals surface area contributed by atoms with Crippen LogP contribution in [-0.2, 0) is 53.8 Å². The number of rotatable bonds is 13. The predicted octanol–water partition coefficient (Wildman–Crippen LogP) is 4.05. The molecule has 0 radical (unpaired) electrons. The molecule has 13 heteroatoms. The standard InChI is InChI=1S/C39H43N5O7.ClH/c1-4-39(28-20-31-34-26(19-25-14-8-9-15-29(25)42-34)21-44(31)36(47)27(28)22-50-38(39)49)51-37(48)33(23(2)3)43-35(46)30(16-10-11-17-40)41-32(45)18-24-12-6-5-7-13-24;/h5-9,12-15,19-20,23,30,33H,4,10-11,16-18,21-22,40H2,1-3H3,(H,41,45)(H,43,46);1H/t30?,33?,39-;/m0./s1. The highest BCUT2D eigenvalue weighted by Gasteiger charge is 2.51. The second-order valence-electron chi connectivity index (χ2n) is 13.5. The van der Waals surface area contributed by atoms with E-state index in [1.54, 1.807) is 31.4 Å². The highest BCUT2D eigenvalue weighted by molar-refractivity contribution is 5.93. The summed E-state index contributed by atoms with van der Waals surface area (Å²) in [4.78, 5) is 73.2. The fourth-order valence-electron chi connectivity index (χ4n) is 6.86. The van der Waals surface area contributed by atoms with E-state index in [9.17, 15) is 24.0 Å². The molecule has 2 aromatic carbocycles. The molecule has 2 unspecified atom stereocenters. The number of aromatic nitrogens is 2. The minimum absolute atomic E-state index is 0. The molecule has 4 aromatic rings.